The lowest BCUT2D eigenvalue weighted by molar-refractivity contribution is -0.203. The summed E-state index contributed by atoms with van der Waals surface area (Å²) in [6.45, 7) is 9.77. The van der Waals surface area contributed by atoms with Crippen LogP contribution in [-0.2, 0) is 6.42 Å². The summed E-state index contributed by atoms with van der Waals surface area (Å²) in [4.78, 5) is 4.30. The molecule has 4 saturated carbocycles. The fourth-order valence-electron chi connectivity index (χ4n) is 9.92. The summed E-state index contributed by atoms with van der Waals surface area (Å²) >= 11 is 0. The number of H-pyrrole nitrogens is 1. The molecule has 1 heterocycles. The molecule has 1 aromatic rings. The van der Waals surface area contributed by atoms with E-state index in [1.54, 1.807) is 0 Å². The average molecular weight is 459 g/mol. The maximum Gasteiger partial charge on any atom is 0.239 e. The van der Waals surface area contributed by atoms with E-state index in [2.05, 4.69) is 42.9 Å². The van der Waals surface area contributed by atoms with Gasteiger partial charge in [0.2, 0.25) is 5.95 Å². The average Bonchev–Trinajstić information content (AvgIpc) is 3.36. The van der Waals surface area contributed by atoms with Crippen molar-refractivity contribution in [2.75, 3.05) is 5.73 Å². The number of aryl methyl sites for hydroxylation is 1. The molecule has 0 aromatic carbocycles. The third-order valence-electron chi connectivity index (χ3n) is 11.5. The molecule has 4 unspecified atom stereocenters. The second-order valence-corrected chi connectivity index (χ2v) is 12.8. The van der Waals surface area contributed by atoms with Gasteiger partial charge in [-0.25, -0.2) is 0 Å². The number of aromatic amines is 1. The van der Waals surface area contributed by atoms with Crippen LogP contribution in [0.1, 0.15) is 91.3 Å². The van der Waals surface area contributed by atoms with E-state index in [-0.39, 0.29) is 17.6 Å². The minimum atomic E-state index is -0.209. The molecule has 0 amide bonds. The maximum absolute atomic E-state index is 11.8. The van der Waals surface area contributed by atoms with Gasteiger partial charge >= 0.3 is 0 Å². The number of anilines is 1. The predicted octanol–water partition coefficient (Wildman–Crippen LogP) is 4.58. The Kier molecular flexibility index (Phi) is 6.09. The zero-order valence-electron chi connectivity index (χ0n) is 21.1. The Morgan fingerprint density at radius 2 is 1.79 bits per heavy atom. The van der Waals surface area contributed by atoms with Gasteiger partial charge in [-0.05, 0) is 104 Å². The number of aliphatic hydroxyl groups is 2. The van der Waals surface area contributed by atoms with Crippen molar-refractivity contribution < 1.29 is 10.2 Å². The van der Waals surface area contributed by atoms with Crippen LogP contribution in [0, 0.1) is 52.3 Å². The number of fused-ring (bicyclic) bond motifs is 5. The number of nitrogens with zero attached hydrogens (tertiary/aromatic N) is 2. The molecule has 5 rings (SSSR count). The molecular weight excluding hydrogens is 412 g/mol. The van der Waals surface area contributed by atoms with Crippen LogP contribution in [-0.4, -0.2) is 37.6 Å². The van der Waals surface area contributed by atoms with Crippen LogP contribution in [0.15, 0.2) is 0 Å². The van der Waals surface area contributed by atoms with Gasteiger partial charge in [0.05, 0.1) is 12.2 Å². The van der Waals surface area contributed by atoms with Crippen molar-refractivity contribution in [1.29, 1.82) is 0 Å². The van der Waals surface area contributed by atoms with E-state index in [9.17, 15) is 10.2 Å². The van der Waals surface area contributed by atoms with Gasteiger partial charge in [-0.1, -0.05) is 34.1 Å². The first-order valence-electron chi connectivity index (χ1n) is 13.7. The van der Waals surface area contributed by atoms with E-state index in [1.165, 1.54) is 25.7 Å². The molecule has 4 aliphatic carbocycles. The van der Waals surface area contributed by atoms with Crippen molar-refractivity contribution in [3.05, 3.63) is 5.82 Å². The van der Waals surface area contributed by atoms with Crippen molar-refractivity contribution in [3.63, 3.8) is 0 Å². The normalized spacial score (nSPS) is 48.1. The highest BCUT2D eigenvalue weighted by Crippen LogP contribution is 2.69. The second-order valence-electron chi connectivity index (χ2n) is 12.8. The Labute approximate surface area is 199 Å². The second kappa shape index (κ2) is 8.51. The molecule has 0 spiro atoms. The van der Waals surface area contributed by atoms with E-state index in [0.717, 1.165) is 44.3 Å². The van der Waals surface area contributed by atoms with Crippen LogP contribution in [0.3, 0.4) is 0 Å². The first kappa shape index (κ1) is 23.6. The van der Waals surface area contributed by atoms with Gasteiger partial charge in [-0.3, -0.25) is 5.10 Å². The van der Waals surface area contributed by atoms with Gasteiger partial charge in [-0.15, -0.1) is 5.10 Å². The Bertz CT molecular complexity index is 844. The van der Waals surface area contributed by atoms with Gasteiger partial charge in [0.1, 0.15) is 5.82 Å². The summed E-state index contributed by atoms with van der Waals surface area (Å²) in [7, 11) is 0. The van der Waals surface area contributed by atoms with Crippen LogP contribution in [0.2, 0.25) is 0 Å². The fraction of sp³-hybridized carbons (Fsp3) is 0.926. The molecule has 4 fully saturated rings. The van der Waals surface area contributed by atoms with Crippen LogP contribution >= 0.6 is 0 Å². The van der Waals surface area contributed by atoms with Crippen LogP contribution in [0.25, 0.3) is 0 Å². The van der Waals surface area contributed by atoms with E-state index >= 15 is 0 Å². The van der Waals surface area contributed by atoms with Gasteiger partial charge < -0.3 is 15.9 Å². The number of aliphatic hydroxyl groups excluding tert-OH is 2. The molecule has 186 valence electrons. The molecule has 6 heteroatoms. The SMILES string of the molecule is CC[C@@H]1C2C[C@H](O)CCC2(C)[C@H]2CCC3(C)C([C@H](C)CCc4nc(N)n[nH]4)CC[C@H]3[C@@H]2[C@@H]1O. The summed E-state index contributed by atoms with van der Waals surface area (Å²) in [5.74, 6) is 5.02. The lowest BCUT2D eigenvalue weighted by atomic mass is 9.41. The maximum atomic E-state index is 11.8. The van der Waals surface area contributed by atoms with Crippen LogP contribution < -0.4 is 5.73 Å². The third kappa shape index (κ3) is 3.65. The Balaban J connectivity index is 1.37. The molecule has 0 bridgehead atoms. The van der Waals surface area contributed by atoms with Crippen molar-refractivity contribution in [2.24, 2.45) is 52.3 Å². The zero-order valence-corrected chi connectivity index (χ0v) is 21.1. The molecule has 0 radical (unpaired) electrons. The van der Waals surface area contributed by atoms with Gasteiger partial charge in [0.15, 0.2) is 0 Å². The van der Waals surface area contributed by atoms with Gasteiger partial charge in [-0.2, -0.15) is 4.98 Å². The van der Waals surface area contributed by atoms with E-state index in [1.807, 2.05) is 0 Å². The number of rotatable bonds is 5. The summed E-state index contributed by atoms with van der Waals surface area (Å²) in [6, 6.07) is 0. The largest absolute Gasteiger partial charge is 0.393 e. The lowest BCUT2D eigenvalue weighted by Gasteiger charge is -2.64. The minimum Gasteiger partial charge on any atom is -0.393 e. The third-order valence-corrected chi connectivity index (χ3v) is 11.5. The van der Waals surface area contributed by atoms with E-state index < -0.39 is 0 Å². The number of nitrogen functional groups attached to an aromatic ring is 1. The molecule has 1 aromatic heterocycles. The minimum absolute atomic E-state index is 0.175. The Morgan fingerprint density at radius 1 is 1.06 bits per heavy atom. The van der Waals surface area contributed by atoms with Crippen molar-refractivity contribution in [3.8, 4) is 0 Å². The highest BCUT2D eigenvalue weighted by molar-refractivity contribution is 5.14. The Hall–Kier alpha value is -1.14. The molecule has 0 saturated heterocycles. The number of hydrogen-bond acceptors (Lipinski definition) is 5. The molecule has 6 nitrogen and oxygen atoms in total. The monoisotopic (exact) mass is 458 g/mol. The quantitative estimate of drug-likeness (QED) is 0.516. The van der Waals surface area contributed by atoms with Gasteiger partial charge in [0.25, 0.3) is 0 Å². The van der Waals surface area contributed by atoms with Gasteiger partial charge in [0, 0.05) is 6.42 Å². The molecule has 5 N–H and O–H groups in total. The standard InChI is InChI=1S/C27H46N4O2/c1-5-17-21-14-16(32)10-12-27(21,4)20-11-13-26(3)18(7-8-19(26)23(20)24(17)33)15(2)6-9-22-29-25(28)31-30-22/h15-21,23-24,32-33H,5-14H2,1-4H3,(H3,28,29,30,31)/t15-,16-,17-,18?,19+,20+,21?,23+,24-,26?,27?/m1/s1. The highest BCUT2D eigenvalue weighted by Gasteiger charge is 2.64. The first-order valence-corrected chi connectivity index (χ1v) is 13.7. The molecule has 0 aliphatic heterocycles. The number of nitrogens with two attached hydrogens (primary N) is 1. The number of nitrogens with one attached hydrogen (secondary N) is 1. The smallest absolute Gasteiger partial charge is 0.239 e. The number of hydrogen-bond donors (Lipinski definition) is 4. The highest BCUT2D eigenvalue weighted by atomic mass is 16.3. The summed E-state index contributed by atoms with van der Waals surface area (Å²) in [6.07, 6.45) is 10.7. The van der Waals surface area contributed by atoms with Crippen molar-refractivity contribution >= 4 is 5.95 Å². The molecule has 11 atom stereocenters. The van der Waals surface area contributed by atoms with Crippen molar-refractivity contribution in [2.45, 2.75) is 104 Å². The van der Waals surface area contributed by atoms with Crippen LogP contribution in [0.5, 0.6) is 0 Å². The molecule has 33 heavy (non-hydrogen) atoms. The summed E-state index contributed by atoms with van der Waals surface area (Å²) in [5, 5.41) is 29.3. The first-order chi connectivity index (χ1) is 15.7. The van der Waals surface area contributed by atoms with E-state index in [0.29, 0.717) is 52.8 Å². The molecular formula is C27H46N4O2. The predicted molar refractivity (Wildman–Crippen MR) is 130 cm³/mol. The zero-order chi connectivity index (χ0) is 23.5. The summed E-state index contributed by atoms with van der Waals surface area (Å²) in [5.41, 5.74) is 6.28. The fourth-order valence-corrected chi connectivity index (χ4v) is 9.92. The summed E-state index contributed by atoms with van der Waals surface area (Å²) < 4.78 is 0. The van der Waals surface area contributed by atoms with Crippen LogP contribution in [0.4, 0.5) is 5.95 Å². The molecule has 4 aliphatic rings. The van der Waals surface area contributed by atoms with E-state index in [4.69, 9.17) is 5.73 Å². The lowest BCUT2D eigenvalue weighted by Crippen LogP contribution is -2.62. The van der Waals surface area contributed by atoms with Crippen molar-refractivity contribution in [1.82, 2.24) is 15.2 Å². The topological polar surface area (TPSA) is 108 Å². The Morgan fingerprint density at radius 3 is 2.48 bits per heavy atom. The number of aromatic nitrogens is 3.